The summed E-state index contributed by atoms with van der Waals surface area (Å²) in [5.41, 5.74) is -0.0142. The van der Waals surface area contributed by atoms with Crippen molar-refractivity contribution < 1.29 is 24.2 Å². The summed E-state index contributed by atoms with van der Waals surface area (Å²) in [5, 5.41) is 9.58. The molecule has 0 bridgehead atoms. The average Bonchev–Trinajstić information content (AvgIpc) is 3.13. The molecule has 27 heavy (non-hydrogen) atoms. The van der Waals surface area contributed by atoms with Crippen LogP contribution >= 0.6 is 0 Å². The number of benzene rings is 2. The van der Waals surface area contributed by atoms with Crippen LogP contribution in [0.25, 0.3) is 0 Å². The minimum absolute atomic E-state index is 0.0384. The number of amides is 1. The molecule has 6 nitrogen and oxygen atoms in total. The van der Waals surface area contributed by atoms with Crippen molar-refractivity contribution in [2.75, 3.05) is 26.8 Å². The van der Waals surface area contributed by atoms with Gasteiger partial charge in [-0.1, -0.05) is 48.5 Å². The van der Waals surface area contributed by atoms with E-state index in [2.05, 4.69) is 0 Å². The number of methoxy groups -OCH3 is 1. The number of carbonyl (C=O) groups is 3. The van der Waals surface area contributed by atoms with Crippen LogP contribution < -0.4 is 0 Å². The van der Waals surface area contributed by atoms with Crippen molar-refractivity contribution in [3.63, 3.8) is 0 Å². The third-order valence-electron chi connectivity index (χ3n) is 4.95. The lowest BCUT2D eigenvalue weighted by atomic mass is 9.88. The summed E-state index contributed by atoms with van der Waals surface area (Å²) in [6.45, 7) is 0.405. The van der Waals surface area contributed by atoms with E-state index in [9.17, 15) is 19.5 Å². The lowest BCUT2D eigenvalue weighted by molar-refractivity contribution is -0.151. The summed E-state index contributed by atoms with van der Waals surface area (Å²) >= 11 is 0. The van der Waals surface area contributed by atoms with E-state index in [1.807, 2.05) is 6.07 Å². The predicted molar refractivity (Wildman–Crippen MR) is 98.8 cm³/mol. The van der Waals surface area contributed by atoms with E-state index in [0.29, 0.717) is 24.1 Å². The Kier molecular flexibility index (Phi) is 5.37. The maximum absolute atomic E-state index is 13.1. The molecule has 1 N–H and O–H groups in total. The highest BCUT2D eigenvalue weighted by atomic mass is 16.5. The highest BCUT2D eigenvalue weighted by molar-refractivity contribution is 6.15. The Balaban J connectivity index is 1.89. The summed E-state index contributed by atoms with van der Waals surface area (Å²) in [7, 11) is 1.45. The second-order valence-electron chi connectivity index (χ2n) is 6.74. The molecule has 1 heterocycles. The first-order valence-corrected chi connectivity index (χ1v) is 8.69. The van der Waals surface area contributed by atoms with Gasteiger partial charge in [-0.15, -0.1) is 0 Å². The first-order chi connectivity index (χ1) is 13.0. The molecule has 2 aromatic rings. The van der Waals surface area contributed by atoms with E-state index < -0.39 is 11.4 Å². The smallest absolute Gasteiger partial charge is 0.313 e. The Bertz CT molecular complexity index is 864. The molecule has 3 rings (SSSR count). The summed E-state index contributed by atoms with van der Waals surface area (Å²) in [5.74, 6) is -1.55. The van der Waals surface area contributed by atoms with E-state index in [4.69, 9.17) is 4.74 Å². The van der Waals surface area contributed by atoms with E-state index in [-0.39, 0.29) is 30.4 Å². The lowest BCUT2D eigenvalue weighted by Gasteiger charge is -2.24. The zero-order chi connectivity index (χ0) is 19.4. The number of carboxylic acid groups (broad SMARTS) is 1. The number of ether oxygens (including phenoxy) is 1. The van der Waals surface area contributed by atoms with Crippen LogP contribution in [0.5, 0.6) is 0 Å². The molecule has 1 atom stereocenters. The molecular formula is C21H21NO5. The normalized spacial score (nSPS) is 19.1. The fraction of sp³-hybridized carbons (Fsp3) is 0.286. The van der Waals surface area contributed by atoms with Crippen molar-refractivity contribution in [1.29, 1.82) is 0 Å². The number of carbonyl (C=O) groups excluding carboxylic acids is 2. The van der Waals surface area contributed by atoms with Gasteiger partial charge >= 0.3 is 5.97 Å². The maximum atomic E-state index is 13.1. The number of hydrogen-bond acceptors (Lipinski definition) is 4. The first kappa shape index (κ1) is 18.8. The average molecular weight is 367 g/mol. The Morgan fingerprint density at radius 2 is 1.67 bits per heavy atom. The van der Waals surface area contributed by atoms with Gasteiger partial charge in [-0.05, 0) is 12.5 Å². The quantitative estimate of drug-likeness (QED) is 0.793. The van der Waals surface area contributed by atoms with Gasteiger partial charge in [0.15, 0.2) is 5.78 Å². The van der Waals surface area contributed by atoms with Crippen LogP contribution in [-0.4, -0.2) is 54.5 Å². The highest BCUT2D eigenvalue weighted by Gasteiger charge is 2.46. The zero-order valence-corrected chi connectivity index (χ0v) is 15.1. The monoisotopic (exact) mass is 367 g/mol. The number of hydrogen-bond donors (Lipinski definition) is 1. The molecule has 0 saturated carbocycles. The molecule has 1 fully saturated rings. The Morgan fingerprint density at radius 1 is 1.04 bits per heavy atom. The van der Waals surface area contributed by atoms with Crippen molar-refractivity contribution in [1.82, 2.24) is 4.90 Å². The van der Waals surface area contributed by atoms with Gasteiger partial charge in [0.25, 0.3) is 5.91 Å². The second kappa shape index (κ2) is 7.72. The van der Waals surface area contributed by atoms with E-state index in [0.717, 1.165) is 0 Å². The van der Waals surface area contributed by atoms with Crippen LogP contribution in [0.3, 0.4) is 0 Å². The topological polar surface area (TPSA) is 83.9 Å². The van der Waals surface area contributed by atoms with Crippen LogP contribution in [-0.2, 0) is 9.53 Å². The molecule has 0 aliphatic carbocycles. The van der Waals surface area contributed by atoms with Gasteiger partial charge in [0.05, 0.1) is 12.2 Å². The van der Waals surface area contributed by atoms with Crippen molar-refractivity contribution in [2.24, 2.45) is 5.41 Å². The van der Waals surface area contributed by atoms with Crippen molar-refractivity contribution >= 4 is 17.7 Å². The Hall–Kier alpha value is -2.99. The standard InChI is InChI=1S/C21H21NO5/c1-27-14-21(20(25)26)11-12-22(13-21)19(24)17-10-6-5-9-16(17)18(23)15-7-3-2-4-8-15/h2-10H,11-14H2,1H3,(H,25,26). The van der Waals surface area contributed by atoms with Gasteiger partial charge in [0.1, 0.15) is 5.41 Å². The summed E-state index contributed by atoms with van der Waals surface area (Å²) in [6.07, 6.45) is 0.316. The Morgan fingerprint density at radius 3 is 2.30 bits per heavy atom. The molecule has 2 aromatic carbocycles. The zero-order valence-electron chi connectivity index (χ0n) is 15.1. The number of nitrogens with zero attached hydrogens (tertiary/aromatic N) is 1. The summed E-state index contributed by atoms with van der Waals surface area (Å²) in [4.78, 5) is 39.1. The predicted octanol–water partition coefficient (Wildman–Crippen LogP) is 2.48. The van der Waals surface area contributed by atoms with Crippen LogP contribution in [0.4, 0.5) is 0 Å². The van der Waals surface area contributed by atoms with Crippen molar-refractivity contribution in [2.45, 2.75) is 6.42 Å². The number of carboxylic acids is 1. The Labute approximate surface area is 157 Å². The molecule has 0 aromatic heterocycles. The minimum atomic E-state index is -1.11. The lowest BCUT2D eigenvalue weighted by Crippen LogP contribution is -2.40. The number of likely N-dealkylation sites (tertiary alicyclic amines) is 1. The third kappa shape index (κ3) is 3.61. The van der Waals surface area contributed by atoms with Crippen LogP contribution in [0.2, 0.25) is 0 Å². The fourth-order valence-corrected chi connectivity index (χ4v) is 3.46. The molecule has 0 radical (unpaired) electrons. The number of ketones is 1. The molecule has 1 saturated heterocycles. The van der Waals surface area contributed by atoms with Gasteiger partial charge < -0.3 is 14.7 Å². The van der Waals surface area contributed by atoms with Crippen molar-refractivity contribution in [3.8, 4) is 0 Å². The van der Waals surface area contributed by atoms with Gasteiger partial charge in [-0.25, -0.2) is 0 Å². The third-order valence-corrected chi connectivity index (χ3v) is 4.95. The molecular weight excluding hydrogens is 346 g/mol. The molecule has 1 unspecified atom stereocenters. The minimum Gasteiger partial charge on any atom is -0.481 e. The highest BCUT2D eigenvalue weighted by Crippen LogP contribution is 2.32. The number of rotatable bonds is 6. The summed E-state index contributed by atoms with van der Waals surface area (Å²) < 4.78 is 5.07. The fourth-order valence-electron chi connectivity index (χ4n) is 3.46. The van der Waals surface area contributed by atoms with Gasteiger partial charge in [0, 0.05) is 31.3 Å². The molecule has 6 heteroatoms. The van der Waals surface area contributed by atoms with Gasteiger partial charge in [-0.2, -0.15) is 0 Å². The van der Waals surface area contributed by atoms with Gasteiger partial charge in [-0.3, -0.25) is 14.4 Å². The van der Waals surface area contributed by atoms with Crippen LogP contribution in [0.1, 0.15) is 32.7 Å². The van der Waals surface area contributed by atoms with Gasteiger partial charge in [0.2, 0.25) is 0 Å². The van der Waals surface area contributed by atoms with E-state index in [1.165, 1.54) is 12.0 Å². The van der Waals surface area contributed by atoms with E-state index in [1.54, 1.807) is 48.5 Å². The van der Waals surface area contributed by atoms with Crippen LogP contribution in [0, 0.1) is 5.41 Å². The van der Waals surface area contributed by atoms with Crippen molar-refractivity contribution in [3.05, 3.63) is 71.3 Å². The molecule has 0 spiro atoms. The molecule has 140 valence electrons. The molecule has 1 aliphatic rings. The molecule has 1 aliphatic heterocycles. The van der Waals surface area contributed by atoms with E-state index >= 15 is 0 Å². The first-order valence-electron chi connectivity index (χ1n) is 8.69. The largest absolute Gasteiger partial charge is 0.481 e. The summed E-state index contributed by atoms with van der Waals surface area (Å²) in [6, 6.07) is 15.4. The number of aliphatic carboxylic acids is 1. The molecule has 1 amide bonds. The van der Waals surface area contributed by atoms with Crippen LogP contribution in [0.15, 0.2) is 54.6 Å². The second-order valence-corrected chi connectivity index (χ2v) is 6.74. The SMILES string of the molecule is COCC1(C(=O)O)CCN(C(=O)c2ccccc2C(=O)c2ccccc2)C1. The maximum Gasteiger partial charge on any atom is 0.313 e.